The van der Waals surface area contributed by atoms with Crippen molar-refractivity contribution < 1.29 is 22.7 Å². The fourth-order valence-corrected chi connectivity index (χ4v) is 6.55. The Kier molecular flexibility index (Phi) is 7.28. The van der Waals surface area contributed by atoms with Crippen LogP contribution in [0.4, 0.5) is 10.7 Å². The monoisotopic (exact) mass is 512 g/mol. The first-order valence-corrected chi connectivity index (χ1v) is 13.8. The van der Waals surface area contributed by atoms with E-state index in [1.807, 2.05) is 6.92 Å². The lowest BCUT2D eigenvalue weighted by Crippen LogP contribution is -2.26. The first-order chi connectivity index (χ1) is 16.7. The number of sulfonamides is 1. The van der Waals surface area contributed by atoms with Crippen LogP contribution >= 0.6 is 11.3 Å². The number of carbonyl (C=O) groups excluding carboxylic acids is 2. The van der Waals surface area contributed by atoms with Crippen LogP contribution in [0.15, 0.2) is 53.4 Å². The molecule has 0 atom stereocenters. The van der Waals surface area contributed by atoms with Crippen LogP contribution in [0.3, 0.4) is 0 Å². The van der Waals surface area contributed by atoms with Crippen LogP contribution in [-0.2, 0) is 27.6 Å². The van der Waals surface area contributed by atoms with Crippen molar-refractivity contribution in [1.82, 2.24) is 0 Å². The van der Waals surface area contributed by atoms with Gasteiger partial charge in [0.2, 0.25) is 0 Å². The van der Waals surface area contributed by atoms with Gasteiger partial charge in [-0.1, -0.05) is 17.7 Å². The quantitative estimate of drug-likeness (QED) is 0.440. The molecule has 3 aromatic rings. The van der Waals surface area contributed by atoms with Crippen molar-refractivity contribution in [3.8, 4) is 0 Å². The van der Waals surface area contributed by atoms with Crippen molar-refractivity contribution in [1.29, 1.82) is 0 Å². The molecule has 35 heavy (non-hydrogen) atoms. The third kappa shape index (κ3) is 5.11. The molecule has 0 radical (unpaired) electrons. The number of carbonyl (C=O) groups is 2. The Morgan fingerprint density at radius 2 is 1.69 bits per heavy atom. The van der Waals surface area contributed by atoms with E-state index >= 15 is 0 Å². The molecule has 0 spiro atoms. The number of amides is 1. The van der Waals surface area contributed by atoms with Crippen LogP contribution in [0.25, 0.3) is 0 Å². The van der Waals surface area contributed by atoms with Crippen LogP contribution in [0.1, 0.15) is 56.5 Å². The summed E-state index contributed by atoms with van der Waals surface area (Å²) < 4.78 is 32.4. The zero-order chi connectivity index (χ0) is 25.2. The Hall–Kier alpha value is -3.17. The van der Waals surface area contributed by atoms with Crippen LogP contribution in [0, 0.1) is 6.92 Å². The van der Waals surface area contributed by atoms with E-state index in [1.54, 1.807) is 55.5 Å². The molecular weight excluding hydrogens is 484 g/mol. The number of rotatable bonds is 7. The zero-order valence-electron chi connectivity index (χ0n) is 20.0. The molecule has 0 fully saturated rings. The molecule has 1 heterocycles. The van der Waals surface area contributed by atoms with E-state index in [1.165, 1.54) is 22.7 Å². The third-order valence-corrected chi connectivity index (χ3v) is 9.06. The fraction of sp³-hybridized carbons (Fsp3) is 0.308. The summed E-state index contributed by atoms with van der Waals surface area (Å²) in [5, 5.41) is 3.38. The largest absolute Gasteiger partial charge is 0.462 e. The normalized spacial score (nSPS) is 13.1. The molecule has 0 saturated carbocycles. The van der Waals surface area contributed by atoms with Gasteiger partial charge in [-0.05, 0) is 81.5 Å². The smallest absolute Gasteiger partial charge is 0.341 e. The number of nitrogens with one attached hydrogen (secondary N) is 1. The molecule has 1 aliphatic rings. The second-order valence-corrected chi connectivity index (χ2v) is 11.5. The van der Waals surface area contributed by atoms with Gasteiger partial charge in [0.25, 0.3) is 15.9 Å². The lowest BCUT2D eigenvalue weighted by Gasteiger charge is -2.20. The summed E-state index contributed by atoms with van der Waals surface area (Å²) in [7, 11) is -2.25. The van der Waals surface area contributed by atoms with Crippen LogP contribution in [-0.4, -0.2) is 33.9 Å². The predicted molar refractivity (Wildman–Crippen MR) is 138 cm³/mol. The average molecular weight is 513 g/mol. The Balaban J connectivity index is 1.55. The van der Waals surface area contributed by atoms with E-state index in [0.29, 0.717) is 21.8 Å². The Morgan fingerprint density at radius 1 is 1.03 bits per heavy atom. The van der Waals surface area contributed by atoms with Crippen LogP contribution < -0.4 is 9.62 Å². The van der Waals surface area contributed by atoms with Gasteiger partial charge >= 0.3 is 5.97 Å². The number of hydrogen-bond donors (Lipinski definition) is 1. The van der Waals surface area contributed by atoms with Gasteiger partial charge in [0.05, 0.1) is 22.8 Å². The average Bonchev–Trinajstić information content (AvgIpc) is 3.22. The van der Waals surface area contributed by atoms with E-state index in [0.717, 1.165) is 41.7 Å². The molecular formula is C26H28N2O5S2. The van der Waals surface area contributed by atoms with Crippen LogP contribution in [0.2, 0.25) is 0 Å². The molecule has 2 aromatic carbocycles. The van der Waals surface area contributed by atoms with Gasteiger partial charge < -0.3 is 10.1 Å². The summed E-state index contributed by atoms with van der Waals surface area (Å²) in [6.45, 7) is 3.91. The first kappa shape index (κ1) is 24.9. The van der Waals surface area contributed by atoms with Crippen molar-refractivity contribution >= 4 is 43.9 Å². The summed E-state index contributed by atoms with van der Waals surface area (Å²) in [5.74, 6) is -0.787. The molecule has 0 unspecified atom stereocenters. The number of nitrogens with zero attached hydrogens (tertiary/aromatic N) is 1. The van der Waals surface area contributed by atoms with Crippen LogP contribution in [0.5, 0.6) is 0 Å². The summed E-state index contributed by atoms with van der Waals surface area (Å²) >= 11 is 1.43. The molecule has 1 amide bonds. The number of esters is 1. The van der Waals surface area contributed by atoms with E-state index in [4.69, 9.17) is 4.74 Å². The minimum atomic E-state index is -3.73. The predicted octanol–water partition coefficient (Wildman–Crippen LogP) is 5.19. The number of benzene rings is 2. The maximum absolute atomic E-state index is 13.0. The van der Waals surface area contributed by atoms with Gasteiger partial charge in [0.1, 0.15) is 5.00 Å². The minimum absolute atomic E-state index is 0.195. The van der Waals surface area contributed by atoms with Crippen molar-refractivity contribution in [2.24, 2.45) is 0 Å². The topological polar surface area (TPSA) is 92.8 Å². The third-order valence-electron chi connectivity index (χ3n) is 6.05. The van der Waals surface area contributed by atoms with E-state index in [-0.39, 0.29) is 17.4 Å². The van der Waals surface area contributed by atoms with Gasteiger partial charge in [-0.3, -0.25) is 9.10 Å². The summed E-state index contributed by atoms with van der Waals surface area (Å²) in [6, 6.07) is 13.0. The molecule has 0 bridgehead atoms. The summed E-state index contributed by atoms with van der Waals surface area (Å²) in [4.78, 5) is 27.0. The summed E-state index contributed by atoms with van der Waals surface area (Å²) in [6.07, 6.45) is 3.75. The molecule has 0 aliphatic heterocycles. The van der Waals surface area contributed by atoms with Crippen molar-refractivity contribution in [2.45, 2.75) is 44.4 Å². The highest BCUT2D eigenvalue weighted by atomic mass is 32.2. The second-order valence-electron chi connectivity index (χ2n) is 8.42. The minimum Gasteiger partial charge on any atom is -0.462 e. The zero-order valence-corrected chi connectivity index (χ0v) is 21.6. The lowest BCUT2D eigenvalue weighted by atomic mass is 9.95. The number of thiophene rings is 1. The fourth-order valence-electron chi connectivity index (χ4n) is 4.08. The number of hydrogen-bond acceptors (Lipinski definition) is 6. The standard InChI is InChI=1S/C26H28N2O5S2/c1-4-33-26(30)23-21-7-5-6-8-22(21)34-25(23)27-24(29)18-11-13-19(14-12-18)28(3)35(31,32)20-15-9-17(2)10-16-20/h9-16H,4-8H2,1-3H3,(H,27,29). The number of ether oxygens (including phenoxy) is 1. The highest BCUT2D eigenvalue weighted by molar-refractivity contribution is 7.92. The van der Waals surface area contributed by atoms with E-state index in [2.05, 4.69) is 5.32 Å². The van der Waals surface area contributed by atoms with Gasteiger partial charge in [0.15, 0.2) is 0 Å². The highest BCUT2D eigenvalue weighted by Gasteiger charge is 2.27. The highest BCUT2D eigenvalue weighted by Crippen LogP contribution is 2.39. The number of aryl methyl sites for hydroxylation is 2. The molecule has 1 N–H and O–H groups in total. The number of fused-ring (bicyclic) bond motifs is 1. The van der Waals surface area contributed by atoms with Gasteiger partial charge in [-0.15, -0.1) is 11.3 Å². The Labute approximate surface area is 209 Å². The molecule has 1 aliphatic carbocycles. The van der Waals surface area contributed by atoms with E-state index < -0.39 is 16.0 Å². The van der Waals surface area contributed by atoms with Gasteiger partial charge in [0, 0.05) is 17.5 Å². The van der Waals surface area contributed by atoms with Crippen molar-refractivity contribution in [2.75, 3.05) is 23.3 Å². The van der Waals surface area contributed by atoms with E-state index in [9.17, 15) is 18.0 Å². The maximum atomic E-state index is 13.0. The molecule has 7 nitrogen and oxygen atoms in total. The molecule has 0 saturated heterocycles. The summed E-state index contributed by atoms with van der Waals surface area (Å²) in [5.41, 5.74) is 3.20. The molecule has 9 heteroatoms. The van der Waals surface area contributed by atoms with Gasteiger partial charge in [-0.25, -0.2) is 13.2 Å². The number of anilines is 2. The molecule has 1 aromatic heterocycles. The SMILES string of the molecule is CCOC(=O)c1c(NC(=O)c2ccc(N(C)S(=O)(=O)c3ccc(C)cc3)cc2)sc2c1CCCC2. The van der Waals surface area contributed by atoms with Gasteiger partial charge in [-0.2, -0.15) is 0 Å². The first-order valence-electron chi connectivity index (χ1n) is 11.5. The maximum Gasteiger partial charge on any atom is 0.341 e. The Bertz CT molecular complexity index is 1340. The lowest BCUT2D eigenvalue weighted by molar-refractivity contribution is 0.0526. The Morgan fingerprint density at radius 3 is 2.34 bits per heavy atom. The molecule has 4 rings (SSSR count). The molecule has 184 valence electrons. The van der Waals surface area contributed by atoms with Crippen molar-refractivity contribution in [3.63, 3.8) is 0 Å². The second kappa shape index (κ2) is 10.2. The van der Waals surface area contributed by atoms with Crippen molar-refractivity contribution in [3.05, 3.63) is 75.7 Å².